The SMILES string of the molecule is Nc1ccc(Br)cc1C(=O)Nc1ccc(Br)cc1[N+](=O)[O-]. The van der Waals surface area contributed by atoms with Gasteiger partial charge in [0.05, 0.1) is 10.5 Å². The molecule has 1 amide bonds. The zero-order valence-electron chi connectivity index (χ0n) is 10.5. The van der Waals surface area contributed by atoms with Gasteiger partial charge in [-0.2, -0.15) is 0 Å². The van der Waals surface area contributed by atoms with Crippen molar-refractivity contribution in [3.05, 3.63) is 61.0 Å². The van der Waals surface area contributed by atoms with Crippen LogP contribution in [0.4, 0.5) is 17.1 Å². The van der Waals surface area contributed by atoms with Crippen molar-refractivity contribution in [2.24, 2.45) is 0 Å². The van der Waals surface area contributed by atoms with Crippen LogP contribution < -0.4 is 11.1 Å². The topological polar surface area (TPSA) is 98.3 Å². The van der Waals surface area contributed by atoms with Crippen LogP contribution in [0.15, 0.2) is 45.3 Å². The molecule has 0 radical (unpaired) electrons. The van der Waals surface area contributed by atoms with Crippen LogP contribution in [0.5, 0.6) is 0 Å². The van der Waals surface area contributed by atoms with Crippen molar-refractivity contribution < 1.29 is 9.72 Å². The van der Waals surface area contributed by atoms with Crippen molar-refractivity contribution >= 4 is 54.8 Å². The summed E-state index contributed by atoms with van der Waals surface area (Å²) in [7, 11) is 0. The second-order valence-corrected chi connectivity index (χ2v) is 5.94. The Morgan fingerprint density at radius 3 is 2.43 bits per heavy atom. The average Bonchev–Trinajstić information content (AvgIpc) is 2.43. The van der Waals surface area contributed by atoms with Crippen LogP contribution in [-0.2, 0) is 0 Å². The summed E-state index contributed by atoms with van der Waals surface area (Å²) in [4.78, 5) is 22.7. The van der Waals surface area contributed by atoms with Gasteiger partial charge in [0.1, 0.15) is 5.69 Å². The highest BCUT2D eigenvalue weighted by Crippen LogP contribution is 2.29. The first-order chi connectivity index (χ1) is 9.88. The molecule has 0 aliphatic carbocycles. The molecule has 0 atom stereocenters. The smallest absolute Gasteiger partial charge is 0.293 e. The Bertz CT molecular complexity index is 735. The van der Waals surface area contributed by atoms with E-state index in [1.165, 1.54) is 12.1 Å². The molecule has 2 aromatic rings. The summed E-state index contributed by atoms with van der Waals surface area (Å²) in [6.07, 6.45) is 0. The van der Waals surface area contributed by atoms with Crippen molar-refractivity contribution in [3.63, 3.8) is 0 Å². The number of benzene rings is 2. The highest BCUT2D eigenvalue weighted by molar-refractivity contribution is 9.10. The Morgan fingerprint density at radius 1 is 1.14 bits per heavy atom. The van der Waals surface area contributed by atoms with Gasteiger partial charge in [0.15, 0.2) is 0 Å². The van der Waals surface area contributed by atoms with Crippen LogP contribution in [0.3, 0.4) is 0 Å². The fraction of sp³-hybridized carbons (Fsp3) is 0. The minimum atomic E-state index is -0.565. The first kappa shape index (κ1) is 15.5. The molecule has 0 saturated carbocycles. The standard InChI is InChI=1S/C13H9Br2N3O3/c14-7-1-3-10(16)9(5-7)13(19)17-11-4-2-8(15)6-12(11)18(20)21/h1-6H,16H2,(H,17,19). The minimum Gasteiger partial charge on any atom is -0.398 e. The van der Waals surface area contributed by atoms with Gasteiger partial charge in [-0.1, -0.05) is 31.9 Å². The Balaban J connectivity index is 2.36. The number of rotatable bonds is 3. The lowest BCUT2D eigenvalue weighted by atomic mass is 10.1. The number of carbonyl (C=O) groups is 1. The lowest BCUT2D eigenvalue weighted by Gasteiger charge is -2.08. The highest BCUT2D eigenvalue weighted by Gasteiger charge is 2.18. The monoisotopic (exact) mass is 413 g/mol. The van der Waals surface area contributed by atoms with Gasteiger partial charge in [-0.25, -0.2) is 0 Å². The lowest BCUT2D eigenvalue weighted by molar-refractivity contribution is -0.384. The Labute approximate surface area is 136 Å². The maximum absolute atomic E-state index is 12.2. The molecular weight excluding hydrogens is 406 g/mol. The maximum Gasteiger partial charge on any atom is 0.293 e. The number of nitrogens with one attached hydrogen (secondary N) is 1. The van der Waals surface area contributed by atoms with E-state index in [0.717, 1.165) is 0 Å². The quantitative estimate of drug-likeness (QED) is 0.451. The van der Waals surface area contributed by atoms with Crippen LogP contribution >= 0.6 is 31.9 Å². The molecule has 8 heteroatoms. The number of nitrogen functional groups attached to an aromatic ring is 1. The molecule has 0 unspecified atom stereocenters. The summed E-state index contributed by atoms with van der Waals surface area (Å²) in [5.41, 5.74) is 6.17. The van der Waals surface area contributed by atoms with Crippen molar-refractivity contribution in [1.82, 2.24) is 0 Å². The first-order valence-electron chi connectivity index (χ1n) is 5.69. The summed E-state index contributed by atoms with van der Waals surface area (Å²) < 4.78 is 1.24. The van der Waals surface area contributed by atoms with Gasteiger partial charge in [-0.15, -0.1) is 0 Å². The van der Waals surface area contributed by atoms with E-state index in [0.29, 0.717) is 8.95 Å². The molecule has 6 nitrogen and oxygen atoms in total. The number of nitro benzene ring substituents is 1. The predicted molar refractivity (Wildman–Crippen MR) is 87.3 cm³/mol. The third-order valence-electron chi connectivity index (χ3n) is 2.66. The fourth-order valence-corrected chi connectivity index (χ4v) is 2.39. The summed E-state index contributed by atoms with van der Waals surface area (Å²) in [6.45, 7) is 0. The largest absolute Gasteiger partial charge is 0.398 e. The summed E-state index contributed by atoms with van der Waals surface area (Å²) in [6, 6.07) is 9.21. The number of nitrogens with zero attached hydrogens (tertiary/aromatic N) is 1. The normalized spacial score (nSPS) is 10.2. The Morgan fingerprint density at radius 2 is 1.76 bits per heavy atom. The Hall–Kier alpha value is -1.93. The first-order valence-corrected chi connectivity index (χ1v) is 7.27. The summed E-state index contributed by atoms with van der Waals surface area (Å²) in [5.74, 6) is -0.515. The molecule has 21 heavy (non-hydrogen) atoms. The van der Waals surface area contributed by atoms with E-state index in [9.17, 15) is 14.9 Å². The van der Waals surface area contributed by atoms with Crippen LogP contribution in [-0.4, -0.2) is 10.8 Å². The van der Waals surface area contributed by atoms with E-state index in [-0.39, 0.29) is 22.6 Å². The molecule has 0 spiro atoms. The second kappa shape index (κ2) is 6.23. The van der Waals surface area contributed by atoms with E-state index < -0.39 is 10.8 Å². The number of amides is 1. The predicted octanol–water partition coefficient (Wildman–Crippen LogP) is 3.95. The molecule has 0 bridgehead atoms. The number of anilines is 2. The van der Waals surface area contributed by atoms with E-state index in [1.54, 1.807) is 24.3 Å². The van der Waals surface area contributed by atoms with Crippen LogP contribution in [0.1, 0.15) is 10.4 Å². The zero-order chi connectivity index (χ0) is 15.6. The molecular formula is C13H9Br2N3O3. The third kappa shape index (κ3) is 3.59. The molecule has 2 aromatic carbocycles. The Kier molecular flexibility index (Phi) is 4.59. The molecule has 2 rings (SSSR count). The fourth-order valence-electron chi connectivity index (χ4n) is 1.68. The van der Waals surface area contributed by atoms with Crippen molar-refractivity contribution in [3.8, 4) is 0 Å². The van der Waals surface area contributed by atoms with E-state index >= 15 is 0 Å². The van der Waals surface area contributed by atoms with Gasteiger partial charge in [0, 0.05) is 20.7 Å². The van der Waals surface area contributed by atoms with E-state index in [1.807, 2.05) is 0 Å². The number of carbonyl (C=O) groups excluding carboxylic acids is 1. The number of nitrogens with two attached hydrogens (primary N) is 1. The number of hydrogen-bond donors (Lipinski definition) is 2. The van der Waals surface area contributed by atoms with Gasteiger partial charge in [-0.05, 0) is 30.3 Å². The van der Waals surface area contributed by atoms with Crippen LogP contribution in [0, 0.1) is 10.1 Å². The van der Waals surface area contributed by atoms with Gasteiger partial charge >= 0.3 is 0 Å². The van der Waals surface area contributed by atoms with Crippen molar-refractivity contribution in [2.45, 2.75) is 0 Å². The molecule has 108 valence electrons. The van der Waals surface area contributed by atoms with Crippen LogP contribution in [0.2, 0.25) is 0 Å². The van der Waals surface area contributed by atoms with Gasteiger partial charge < -0.3 is 11.1 Å². The lowest BCUT2D eigenvalue weighted by Crippen LogP contribution is -2.15. The molecule has 0 aliphatic heterocycles. The van der Waals surface area contributed by atoms with Crippen LogP contribution in [0.25, 0.3) is 0 Å². The molecule has 3 N–H and O–H groups in total. The number of hydrogen-bond acceptors (Lipinski definition) is 4. The van der Waals surface area contributed by atoms with Crippen molar-refractivity contribution in [1.29, 1.82) is 0 Å². The highest BCUT2D eigenvalue weighted by atomic mass is 79.9. The third-order valence-corrected chi connectivity index (χ3v) is 3.65. The van der Waals surface area contributed by atoms with E-state index in [4.69, 9.17) is 5.73 Å². The second-order valence-electron chi connectivity index (χ2n) is 4.10. The van der Waals surface area contributed by atoms with Gasteiger partial charge in [0.25, 0.3) is 11.6 Å². The van der Waals surface area contributed by atoms with Gasteiger partial charge in [-0.3, -0.25) is 14.9 Å². The maximum atomic E-state index is 12.2. The van der Waals surface area contributed by atoms with Gasteiger partial charge in [0.2, 0.25) is 0 Å². The minimum absolute atomic E-state index is 0.104. The number of nitro groups is 1. The summed E-state index contributed by atoms with van der Waals surface area (Å²) in [5, 5.41) is 13.5. The molecule has 0 aliphatic rings. The average molecular weight is 415 g/mol. The molecule has 0 fully saturated rings. The van der Waals surface area contributed by atoms with E-state index in [2.05, 4.69) is 37.2 Å². The molecule has 0 heterocycles. The molecule has 0 aromatic heterocycles. The number of halogens is 2. The molecule has 0 saturated heterocycles. The summed E-state index contributed by atoms with van der Waals surface area (Å²) >= 11 is 6.40. The van der Waals surface area contributed by atoms with Crippen molar-refractivity contribution in [2.75, 3.05) is 11.1 Å². The zero-order valence-corrected chi connectivity index (χ0v) is 13.6.